The van der Waals surface area contributed by atoms with E-state index in [1.807, 2.05) is 12.1 Å². The molecule has 1 heterocycles. The Morgan fingerprint density at radius 3 is 3.08 bits per heavy atom. The Kier molecular flexibility index (Phi) is 2.27. The highest BCUT2D eigenvalue weighted by molar-refractivity contribution is 9.10. The summed E-state index contributed by atoms with van der Waals surface area (Å²) in [6, 6.07) is 3.68. The molecular formula is C9H9BrO3. The van der Waals surface area contributed by atoms with Crippen molar-refractivity contribution in [2.24, 2.45) is 0 Å². The Morgan fingerprint density at radius 2 is 2.38 bits per heavy atom. The number of ether oxygens (including phenoxy) is 2. The summed E-state index contributed by atoms with van der Waals surface area (Å²) < 4.78 is 11.2. The minimum Gasteiger partial charge on any atom is -0.495 e. The fourth-order valence-corrected chi connectivity index (χ4v) is 2.00. The minimum atomic E-state index is -0.808. The van der Waals surface area contributed by atoms with Crippen molar-refractivity contribution in [3.8, 4) is 5.75 Å². The van der Waals surface area contributed by atoms with Gasteiger partial charge in [0.2, 0.25) is 0 Å². The van der Waals surface area contributed by atoms with Gasteiger partial charge in [-0.15, -0.1) is 0 Å². The van der Waals surface area contributed by atoms with Gasteiger partial charge in [0.05, 0.1) is 18.2 Å². The second kappa shape index (κ2) is 3.29. The Morgan fingerprint density at radius 1 is 1.62 bits per heavy atom. The molecule has 1 aromatic rings. The summed E-state index contributed by atoms with van der Waals surface area (Å²) in [6.07, 6.45) is -0.808. The fourth-order valence-electron chi connectivity index (χ4n) is 1.47. The molecule has 1 N–H and O–H groups in total. The molecule has 0 spiro atoms. The highest BCUT2D eigenvalue weighted by Gasteiger charge is 2.25. The molecule has 0 aliphatic carbocycles. The monoisotopic (exact) mass is 244 g/mol. The standard InChI is InChI=1S/C9H9BrO3/c1-12-8-6-4-13-9(11)5(6)2-3-7(8)10/h2-3,9,11H,4H2,1H3. The van der Waals surface area contributed by atoms with Crippen molar-refractivity contribution in [3.05, 3.63) is 27.7 Å². The van der Waals surface area contributed by atoms with Gasteiger partial charge in [0, 0.05) is 11.1 Å². The van der Waals surface area contributed by atoms with Crippen molar-refractivity contribution in [1.29, 1.82) is 0 Å². The predicted octanol–water partition coefficient (Wildman–Crippen LogP) is 1.98. The molecule has 2 rings (SSSR count). The van der Waals surface area contributed by atoms with E-state index >= 15 is 0 Å². The molecule has 1 unspecified atom stereocenters. The van der Waals surface area contributed by atoms with Gasteiger partial charge < -0.3 is 14.6 Å². The number of rotatable bonds is 1. The molecule has 0 fully saturated rings. The molecule has 3 nitrogen and oxygen atoms in total. The van der Waals surface area contributed by atoms with Gasteiger partial charge in [-0.1, -0.05) is 6.07 Å². The van der Waals surface area contributed by atoms with Crippen molar-refractivity contribution >= 4 is 15.9 Å². The lowest BCUT2D eigenvalue weighted by Crippen LogP contribution is -1.94. The normalized spacial score (nSPS) is 20.1. The zero-order valence-corrected chi connectivity index (χ0v) is 8.67. The fraction of sp³-hybridized carbons (Fsp3) is 0.333. The average molecular weight is 245 g/mol. The third-order valence-corrected chi connectivity index (χ3v) is 2.73. The molecule has 70 valence electrons. The zero-order valence-electron chi connectivity index (χ0n) is 7.08. The van der Waals surface area contributed by atoms with Crippen LogP contribution in [-0.4, -0.2) is 12.2 Å². The van der Waals surface area contributed by atoms with E-state index in [1.54, 1.807) is 7.11 Å². The molecule has 0 aromatic heterocycles. The SMILES string of the molecule is COc1c(Br)ccc2c1COC2O. The molecule has 0 amide bonds. The van der Waals surface area contributed by atoms with Crippen LogP contribution in [0.5, 0.6) is 5.75 Å². The van der Waals surface area contributed by atoms with Gasteiger partial charge in [-0.2, -0.15) is 0 Å². The number of hydrogen-bond acceptors (Lipinski definition) is 3. The average Bonchev–Trinajstić information content (AvgIpc) is 2.48. The quantitative estimate of drug-likeness (QED) is 0.822. The molecular weight excluding hydrogens is 236 g/mol. The molecule has 1 atom stereocenters. The first-order valence-corrected chi connectivity index (χ1v) is 4.68. The summed E-state index contributed by atoms with van der Waals surface area (Å²) >= 11 is 3.37. The number of fused-ring (bicyclic) bond motifs is 1. The van der Waals surface area contributed by atoms with Gasteiger partial charge >= 0.3 is 0 Å². The van der Waals surface area contributed by atoms with Crippen LogP contribution in [0.25, 0.3) is 0 Å². The van der Waals surface area contributed by atoms with Crippen LogP contribution in [0, 0.1) is 0 Å². The van der Waals surface area contributed by atoms with E-state index in [9.17, 15) is 5.11 Å². The zero-order chi connectivity index (χ0) is 9.42. The maximum atomic E-state index is 9.40. The summed E-state index contributed by atoms with van der Waals surface area (Å²) in [7, 11) is 1.60. The molecule has 4 heteroatoms. The van der Waals surface area contributed by atoms with E-state index in [4.69, 9.17) is 9.47 Å². The number of halogens is 1. The highest BCUT2D eigenvalue weighted by atomic mass is 79.9. The van der Waals surface area contributed by atoms with Crippen molar-refractivity contribution in [2.45, 2.75) is 12.9 Å². The first kappa shape index (κ1) is 8.99. The van der Waals surface area contributed by atoms with Crippen LogP contribution >= 0.6 is 15.9 Å². The van der Waals surface area contributed by atoms with Crippen LogP contribution in [0.1, 0.15) is 17.4 Å². The summed E-state index contributed by atoms with van der Waals surface area (Å²) in [5.41, 5.74) is 1.71. The molecule has 0 bridgehead atoms. The number of methoxy groups -OCH3 is 1. The Bertz CT molecular complexity index is 338. The maximum Gasteiger partial charge on any atom is 0.182 e. The van der Waals surface area contributed by atoms with Gasteiger partial charge in [-0.05, 0) is 22.0 Å². The van der Waals surface area contributed by atoms with E-state index in [-0.39, 0.29) is 0 Å². The first-order valence-electron chi connectivity index (χ1n) is 3.89. The lowest BCUT2D eigenvalue weighted by Gasteiger charge is -2.08. The summed E-state index contributed by atoms with van der Waals surface area (Å²) in [6.45, 7) is 0.402. The topological polar surface area (TPSA) is 38.7 Å². The van der Waals surface area contributed by atoms with Gasteiger partial charge in [0.1, 0.15) is 5.75 Å². The predicted molar refractivity (Wildman–Crippen MR) is 50.4 cm³/mol. The second-order valence-corrected chi connectivity index (χ2v) is 3.67. The second-order valence-electron chi connectivity index (χ2n) is 2.81. The van der Waals surface area contributed by atoms with Crippen molar-refractivity contribution in [1.82, 2.24) is 0 Å². The van der Waals surface area contributed by atoms with Crippen LogP contribution in [-0.2, 0) is 11.3 Å². The van der Waals surface area contributed by atoms with Crippen molar-refractivity contribution in [3.63, 3.8) is 0 Å². The molecule has 1 aliphatic heterocycles. The van der Waals surface area contributed by atoms with E-state index in [0.29, 0.717) is 6.61 Å². The van der Waals surface area contributed by atoms with Crippen LogP contribution < -0.4 is 4.74 Å². The van der Waals surface area contributed by atoms with Crippen molar-refractivity contribution in [2.75, 3.05) is 7.11 Å². The summed E-state index contributed by atoms with van der Waals surface area (Å²) in [5, 5.41) is 9.40. The number of aliphatic hydroxyl groups excluding tert-OH is 1. The highest BCUT2D eigenvalue weighted by Crippen LogP contribution is 2.39. The smallest absolute Gasteiger partial charge is 0.182 e. The van der Waals surface area contributed by atoms with Gasteiger partial charge in [0.15, 0.2) is 6.29 Å². The summed E-state index contributed by atoms with van der Waals surface area (Å²) in [5.74, 6) is 0.744. The lowest BCUT2D eigenvalue weighted by atomic mass is 10.1. The van der Waals surface area contributed by atoms with Crippen LogP contribution in [0.4, 0.5) is 0 Å². The molecule has 0 radical (unpaired) electrons. The van der Waals surface area contributed by atoms with E-state index in [2.05, 4.69) is 15.9 Å². The van der Waals surface area contributed by atoms with Crippen molar-refractivity contribution < 1.29 is 14.6 Å². The van der Waals surface area contributed by atoms with Gasteiger partial charge in [0.25, 0.3) is 0 Å². The van der Waals surface area contributed by atoms with E-state index in [1.165, 1.54) is 0 Å². The van der Waals surface area contributed by atoms with Gasteiger partial charge in [-0.3, -0.25) is 0 Å². The van der Waals surface area contributed by atoms with Crippen LogP contribution in [0.3, 0.4) is 0 Å². The molecule has 1 aliphatic rings. The first-order chi connectivity index (χ1) is 6.24. The third-order valence-electron chi connectivity index (χ3n) is 2.10. The molecule has 13 heavy (non-hydrogen) atoms. The van der Waals surface area contributed by atoms with E-state index < -0.39 is 6.29 Å². The number of hydrogen-bond donors (Lipinski definition) is 1. The van der Waals surface area contributed by atoms with Crippen LogP contribution in [0.15, 0.2) is 16.6 Å². The van der Waals surface area contributed by atoms with E-state index in [0.717, 1.165) is 21.3 Å². The molecule has 0 saturated heterocycles. The molecule has 0 saturated carbocycles. The lowest BCUT2D eigenvalue weighted by molar-refractivity contribution is -0.0919. The number of aliphatic hydroxyl groups is 1. The maximum absolute atomic E-state index is 9.40. The Balaban J connectivity index is 2.57. The summed E-state index contributed by atoms with van der Waals surface area (Å²) in [4.78, 5) is 0. The molecule has 1 aromatic carbocycles. The third kappa shape index (κ3) is 1.35. The minimum absolute atomic E-state index is 0.402. The Labute approximate surface area is 84.4 Å². The largest absolute Gasteiger partial charge is 0.495 e. The van der Waals surface area contributed by atoms with Gasteiger partial charge in [-0.25, -0.2) is 0 Å². The van der Waals surface area contributed by atoms with Crippen LogP contribution in [0.2, 0.25) is 0 Å². The number of benzene rings is 1. The Hall–Kier alpha value is -0.580.